The number of carbonyl (C=O) groups excluding carboxylic acids is 2. The van der Waals surface area contributed by atoms with Gasteiger partial charge in [-0.25, -0.2) is 0 Å². The van der Waals surface area contributed by atoms with Crippen LogP contribution < -0.4 is 15.4 Å². The van der Waals surface area contributed by atoms with Gasteiger partial charge in [-0.1, -0.05) is 30.7 Å². The van der Waals surface area contributed by atoms with Crippen molar-refractivity contribution < 1.29 is 19.1 Å². The first-order chi connectivity index (χ1) is 14.5. The summed E-state index contributed by atoms with van der Waals surface area (Å²) in [4.78, 5) is 25.5. The molecule has 0 radical (unpaired) electrons. The molecule has 3 rings (SSSR count). The Morgan fingerprint density at radius 3 is 2.77 bits per heavy atom. The van der Waals surface area contributed by atoms with E-state index < -0.39 is 6.10 Å². The molecule has 6 nitrogen and oxygen atoms in total. The summed E-state index contributed by atoms with van der Waals surface area (Å²) in [6.45, 7) is 4.94. The van der Waals surface area contributed by atoms with E-state index in [0.717, 1.165) is 25.0 Å². The predicted octanol–water partition coefficient (Wildman–Crippen LogP) is 4.35. The number of benzene rings is 2. The van der Waals surface area contributed by atoms with Crippen LogP contribution in [0.5, 0.6) is 5.75 Å². The van der Waals surface area contributed by atoms with Gasteiger partial charge < -0.3 is 20.1 Å². The Morgan fingerprint density at radius 2 is 2.07 bits per heavy atom. The summed E-state index contributed by atoms with van der Waals surface area (Å²) in [6, 6.07) is 12.2. The molecule has 0 aliphatic carbocycles. The zero-order valence-electron chi connectivity index (χ0n) is 17.2. The molecule has 1 fully saturated rings. The molecule has 2 aromatic carbocycles. The maximum absolute atomic E-state index is 12.8. The molecule has 0 aromatic heterocycles. The Hall–Kier alpha value is -2.57. The number of hydrogen-bond acceptors (Lipinski definition) is 4. The molecular formula is C23H27ClN2O4. The number of ether oxygens (including phenoxy) is 2. The van der Waals surface area contributed by atoms with E-state index in [0.29, 0.717) is 35.0 Å². The average Bonchev–Trinajstić information content (AvgIpc) is 3.26. The first-order valence-electron chi connectivity index (χ1n) is 10.2. The normalized spacial score (nSPS) is 16.7. The van der Waals surface area contributed by atoms with Crippen molar-refractivity contribution in [1.29, 1.82) is 0 Å². The summed E-state index contributed by atoms with van der Waals surface area (Å²) in [7, 11) is 0. The van der Waals surface area contributed by atoms with E-state index in [1.807, 2.05) is 13.8 Å². The van der Waals surface area contributed by atoms with Crippen molar-refractivity contribution in [1.82, 2.24) is 5.32 Å². The monoisotopic (exact) mass is 430 g/mol. The van der Waals surface area contributed by atoms with Gasteiger partial charge in [0.05, 0.1) is 17.4 Å². The Labute approximate surface area is 181 Å². The molecule has 160 valence electrons. The van der Waals surface area contributed by atoms with Crippen LogP contribution in [0, 0.1) is 6.92 Å². The van der Waals surface area contributed by atoms with E-state index in [1.54, 1.807) is 42.5 Å². The number of rotatable bonds is 8. The van der Waals surface area contributed by atoms with Gasteiger partial charge in [0.15, 0.2) is 6.10 Å². The summed E-state index contributed by atoms with van der Waals surface area (Å²) in [5.41, 5.74) is 1.72. The maximum atomic E-state index is 12.8. The summed E-state index contributed by atoms with van der Waals surface area (Å²) in [5.74, 6) is 0.00895. The van der Waals surface area contributed by atoms with Crippen molar-refractivity contribution in [3.63, 3.8) is 0 Å². The lowest BCUT2D eigenvalue weighted by molar-refractivity contribution is -0.122. The van der Waals surface area contributed by atoms with E-state index in [-0.39, 0.29) is 17.9 Å². The molecule has 1 heterocycles. The number of nitrogens with one attached hydrogen (secondary N) is 2. The number of hydrogen-bond donors (Lipinski definition) is 2. The third-order valence-corrected chi connectivity index (χ3v) is 5.44. The fraction of sp³-hybridized carbons (Fsp3) is 0.391. The first kappa shape index (κ1) is 22.1. The van der Waals surface area contributed by atoms with Gasteiger partial charge in [-0.15, -0.1) is 0 Å². The predicted molar refractivity (Wildman–Crippen MR) is 117 cm³/mol. The summed E-state index contributed by atoms with van der Waals surface area (Å²) >= 11 is 6.05. The fourth-order valence-electron chi connectivity index (χ4n) is 3.29. The molecule has 2 atom stereocenters. The van der Waals surface area contributed by atoms with Crippen molar-refractivity contribution in [2.45, 2.75) is 45.3 Å². The first-order valence-corrected chi connectivity index (χ1v) is 10.6. The topological polar surface area (TPSA) is 76.7 Å². The zero-order chi connectivity index (χ0) is 21.5. The zero-order valence-corrected chi connectivity index (χ0v) is 18.0. The van der Waals surface area contributed by atoms with Crippen molar-refractivity contribution in [3.05, 3.63) is 58.6 Å². The minimum absolute atomic E-state index is 0.0522. The standard InChI is InChI=1S/C23H27ClN2O4/c1-3-21(30-16-10-11-19(24)15(2)13-16)23(28)26-20-9-5-4-8-18(20)22(27)25-14-17-7-6-12-29-17/h4-5,8-11,13,17,21H,3,6-7,12,14H2,1-2H3,(H,25,27)(H,26,28)/t17-,21-/m1/s1. The number of halogens is 1. The number of anilines is 1. The average molecular weight is 431 g/mol. The van der Waals surface area contributed by atoms with Crippen molar-refractivity contribution in [2.24, 2.45) is 0 Å². The summed E-state index contributed by atoms with van der Waals surface area (Å²) < 4.78 is 11.4. The fourth-order valence-corrected chi connectivity index (χ4v) is 3.40. The van der Waals surface area contributed by atoms with Gasteiger partial charge in [0.25, 0.3) is 11.8 Å². The van der Waals surface area contributed by atoms with Gasteiger partial charge in [0, 0.05) is 18.2 Å². The quantitative estimate of drug-likeness (QED) is 0.652. The second-order valence-corrected chi connectivity index (χ2v) is 7.71. The van der Waals surface area contributed by atoms with E-state index in [2.05, 4.69) is 10.6 Å². The van der Waals surface area contributed by atoms with Crippen LogP contribution in [0.3, 0.4) is 0 Å². The van der Waals surface area contributed by atoms with Gasteiger partial charge in [-0.2, -0.15) is 0 Å². The Balaban J connectivity index is 1.65. The third kappa shape index (κ3) is 5.74. The SMILES string of the molecule is CC[C@@H](Oc1ccc(Cl)c(C)c1)C(=O)Nc1ccccc1C(=O)NC[C@H]1CCCO1. The van der Waals surface area contributed by atoms with E-state index in [1.165, 1.54) is 0 Å². The maximum Gasteiger partial charge on any atom is 0.265 e. The lowest BCUT2D eigenvalue weighted by Crippen LogP contribution is -2.35. The van der Waals surface area contributed by atoms with E-state index >= 15 is 0 Å². The highest BCUT2D eigenvalue weighted by Crippen LogP contribution is 2.23. The number of carbonyl (C=O) groups is 2. The number of amides is 2. The highest BCUT2D eigenvalue weighted by atomic mass is 35.5. The largest absolute Gasteiger partial charge is 0.481 e. The van der Waals surface area contributed by atoms with Crippen LogP contribution in [0.15, 0.2) is 42.5 Å². The van der Waals surface area contributed by atoms with Crippen LogP contribution in [-0.4, -0.2) is 37.2 Å². The molecule has 0 saturated carbocycles. The Morgan fingerprint density at radius 1 is 1.27 bits per heavy atom. The lowest BCUT2D eigenvalue weighted by Gasteiger charge is -2.19. The highest BCUT2D eigenvalue weighted by molar-refractivity contribution is 6.31. The highest BCUT2D eigenvalue weighted by Gasteiger charge is 2.22. The van der Waals surface area contributed by atoms with Gasteiger partial charge in [0.1, 0.15) is 5.75 Å². The van der Waals surface area contributed by atoms with Crippen LogP contribution in [0.1, 0.15) is 42.1 Å². The van der Waals surface area contributed by atoms with E-state index in [9.17, 15) is 9.59 Å². The van der Waals surface area contributed by atoms with Gasteiger partial charge in [0.2, 0.25) is 0 Å². The lowest BCUT2D eigenvalue weighted by atomic mass is 10.1. The van der Waals surface area contributed by atoms with E-state index in [4.69, 9.17) is 21.1 Å². The Bertz CT molecular complexity index is 897. The van der Waals surface area contributed by atoms with Crippen molar-refractivity contribution in [3.8, 4) is 5.75 Å². The molecule has 0 bridgehead atoms. The van der Waals surface area contributed by atoms with Gasteiger partial charge >= 0.3 is 0 Å². The Kier molecular flexibility index (Phi) is 7.71. The minimum Gasteiger partial charge on any atom is -0.481 e. The molecule has 7 heteroatoms. The molecular weight excluding hydrogens is 404 g/mol. The molecule has 0 unspecified atom stereocenters. The van der Waals surface area contributed by atoms with Crippen LogP contribution in [0.25, 0.3) is 0 Å². The second-order valence-electron chi connectivity index (χ2n) is 7.31. The molecule has 2 amide bonds. The van der Waals surface area contributed by atoms with Gasteiger partial charge in [-0.05, 0) is 62.1 Å². The van der Waals surface area contributed by atoms with Crippen LogP contribution in [0.4, 0.5) is 5.69 Å². The molecule has 2 aromatic rings. The summed E-state index contributed by atoms with van der Waals surface area (Å²) in [5, 5.41) is 6.37. The molecule has 2 N–H and O–H groups in total. The molecule has 1 aliphatic heterocycles. The third-order valence-electron chi connectivity index (χ3n) is 5.01. The number of aryl methyl sites for hydroxylation is 1. The van der Waals surface area contributed by atoms with Crippen molar-refractivity contribution in [2.75, 3.05) is 18.5 Å². The van der Waals surface area contributed by atoms with Crippen LogP contribution >= 0.6 is 11.6 Å². The molecule has 30 heavy (non-hydrogen) atoms. The second kappa shape index (κ2) is 10.5. The molecule has 0 spiro atoms. The number of para-hydroxylation sites is 1. The van der Waals surface area contributed by atoms with Crippen LogP contribution in [0.2, 0.25) is 5.02 Å². The molecule has 1 saturated heterocycles. The summed E-state index contributed by atoms with van der Waals surface area (Å²) in [6.07, 6.45) is 1.78. The van der Waals surface area contributed by atoms with Crippen LogP contribution in [-0.2, 0) is 9.53 Å². The minimum atomic E-state index is -0.700. The molecule has 1 aliphatic rings. The smallest absolute Gasteiger partial charge is 0.265 e. The van der Waals surface area contributed by atoms with Crippen molar-refractivity contribution >= 4 is 29.1 Å². The van der Waals surface area contributed by atoms with Gasteiger partial charge in [-0.3, -0.25) is 9.59 Å².